The van der Waals surface area contributed by atoms with Gasteiger partial charge in [-0.3, -0.25) is 13.9 Å². The molecular weight excluding hydrogens is 569 g/mol. The first-order valence-electron chi connectivity index (χ1n) is 11.8. The Morgan fingerprint density at radius 2 is 1.63 bits per heavy atom. The number of sulfonamides is 1. The summed E-state index contributed by atoms with van der Waals surface area (Å²) < 4.78 is 28.6. The number of halogens is 3. The third kappa shape index (κ3) is 6.80. The molecule has 0 aliphatic heterocycles. The normalized spacial score (nSPS) is 12.1. The van der Waals surface area contributed by atoms with Gasteiger partial charge < -0.3 is 10.2 Å². The van der Waals surface area contributed by atoms with E-state index < -0.39 is 28.5 Å². The number of carbonyl (C=O) groups is 2. The Hall–Kier alpha value is -2.78. The number of hydrogen-bond donors (Lipinski definition) is 1. The minimum atomic E-state index is -4.18. The monoisotopic (exact) mass is 595 g/mol. The van der Waals surface area contributed by atoms with Gasteiger partial charge in [-0.2, -0.15) is 0 Å². The molecule has 0 spiro atoms. The van der Waals surface area contributed by atoms with Crippen LogP contribution in [0.15, 0.2) is 71.6 Å². The predicted octanol–water partition coefficient (Wildman–Crippen LogP) is 5.70. The molecule has 0 aliphatic carbocycles. The Labute approximate surface area is 238 Å². The van der Waals surface area contributed by atoms with Crippen LogP contribution in [0, 0.1) is 6.92 Å². The number of anilines is 1. The van der Waals surface area contributed by atoms with Crippen LogP contribution < -0.4 is 9.62 Å². The van der Waals surface area contributed by atoms with E-state index in [2.05, 4.69) is 5.32 Å². The molecule has 0 aromatic heterocycles. The molecule has 7 nitrogen and oxygen atoms in total. The van der Waals surface area contributed by atoms with Crippen LogP contribution in [-0.4, -0.2) is 44.3 Å². The van der Waals surface area contributed by atoms with Gasteiger partial charge in [0.2, 0.25) is 11.8 Å². The first-order valence-corrected chi connectivity index (χ1v) is 14.4. The van der Waals surface area contributed by atoms with Crippen LogP contribution in [-0.2, 0) is 26.2 Å². The van der Waals surface area contributed by atoms with Crippen LogP contribution in [0.3, 0.4) is 0 Å². The highest BCUT2D eigenvalue weighted by atomic mass is 35.5. The van der Waals surface area contributed by atoms with Gasteiger partial charge in [0.1, 0.15) is 12.6 Å². The number of carbonyl (C=O) groups excluding carboxylic acids is 2. The maximum absolute atomic E-state index is 13.9. The minimum Gasteiger partial charge on any atom is -0.355 e. The average Bonchev–Trinajstić information content (AvgIpc) is 2.88. The van der Waals surface area contributed by atoms with E-state index in [1.54, 1.807) is 75.4 Å². The summed E-state index contributed by atoms with van der Waals surface area (Å²) in [5, 5.41) is 3.80. The van der Waals surface area contributed by atoms with Crippen molar-refractivity contribution in [2.75, 3.05) is 17.4 Å². The lowest BCUT2D eigenvalue weighted by Crippen LogP contribution is -2.51. The van der Waals surface area contributed by atoms with Crippen molar-refractivity contribution in [3.05, 3.63) is 92.9 Å². The lowest BCUT2D eigenvalue weighted by molar-refractivity contribution is -0.139. The molecule has 3 aromatic rings. The SMILES string of the molecule is CCNC(=O)[C@@H](C)N(Cc1ccc(Cl)cc1Cl)C(=O)CN(c1cccc(Cl)c1C)S(=O)(=O)c1ccccc1. The molecule has 0 heterocycles. The summed E-state index contributed by atoms with van der Waals surface area (Å²) in [7, 11) is -4.18. The predicted molar refractivity (Wildman–Crippen MR) is 152 cm³/mol. The van der Waals surface area contributed by atoms with Crippen molar-refractivity contribution in [2.24, 2.45) is 0 Å². The lowest BCUT2D eigenvalue weighted by Gasteiger charge is -2.32. The molecule has 202 valence electrons. The average molecular weight is 597 g/mol. The van der Waals surface area contributed by atoms with Gasteiger partial charge >= 0.3 is 0 Å². The zero-order valence-corrected chi connectivity index (χ0v) is 24.2. The van der Waals surface area contributed by atoms with E-state index in [1.165, 1.54) is 17.0 Å². The third-order valence-electron chi connectivity index (χ3n) is 5.99. The topological polar surface area (TPSA) is 86.8 Å². The van der Waals surface area contributed by atoms with Gasteiger partial charge in [0.15, 0.2) is 0 Å². The van der Waals surface area contributed by atoms with Crippen molar-refractivity contribution in [3.63, 3.8) is 0 Å². The second-order valence-corrected chi connectivity index (χ2v) is 11.6. The Bertz CT molecular complexity index is 1420. The van der Waals surface area contributed by atoms with Crippen molar-refractivity contribution in [2.45, 2.75) is 38.3 Å². The van der Waals surface area contributed by atoms with Gasteiger partial charge in [0.25, 0.3) is 10.0 Å². The Morgan fingerprint density at radius 3 is 2.26 bits per heavy atom. The number of hydrogen-bond acceptors (Lipinski definition) is 4. The van der Waals surface area contributed by atoms with Gasteiger partial charge in [-0.25, -0.2) is 8.42 Å². The highest BCUT2D eigenvalue weighted by molar-refractivity contribution is 7.92. The third-order valence-corrected chi connectivity index (χ3v) is 8.76. The molecule has 11 heteroatoms. The van der Waals surface area contributed by atoms with Crippen molar-refractivity contribution in [3.8, 4) is 0 Å². The maximum Gasteiger partial charge on any atom is 0.264 e. The quantitative estimate of drug-likeness (QED) is 0.325. The second kappa shape index (κ2) is 12.8. The second-order valence-electron chi connectivity index (χ2n) is 8.54. The Kier molecular flexibility index (Phi) is 10.1. The van der Waals surface area contributed by atoms with Crippen molar-refractivity contribution in [1.82, 2.24) is 10.2 Å². The molecule has 38 heavy (non-hydrogen) atoms. The molecule has 3 aromatic carbocycles. The van der Waals surface area contributed by atoms with Crippen LogP contribution in [0.2, 0.25) is 15.1 Å². The highest BCUT2D eigenvalue weighted by Gasteiger charge is 2.33. The van der Waals surface area contributed by atoms with Gasteiger partial charge in [-0.05, 0) is 68.3 Å². The zero-order chi connectivity index (χ0) is 28.0. The van der Waals surface area contributed by atoms with Crippen molar-refractivity contribution in [1.29, 1.82) is 0 Å². The van der Waals surface area contributed by atoms with Crippen LogP contribution >= 0.6 is 34.8 Å². The summed E-state index contributed by atoms with van der Waals surface area (Å²) in [5.74, 6) is -0.990. The summed E-state index contributed by atoms with van der Waals surface area (Å²) in [6.07, 6.45) is 0. The summed E-state index contributed by atoms with van der Waals surface area (Å²) in [5.41, 5.74) is 1.30. The van der Waals surface area contributed by atoms with Gasteiger partial charge in [0, 0.05) is 28.2 Å². The highest BCUT2D eigenvalue weighted by Crippen LogP contribution is 2.31. The van der Waals surface area contributed by atoms with Crippen LogP contribution in [0.4, 0.5) is 5.69 Å². The minimum absolute atomic E-state index is 0.0104. The Morgan fingerprint density at radius 1 is 0.947 bits per heavy atom. The molecule has 2 amide bonds. The number of nitrogens with zero attached hydrogens (tertiary/aromatic N) is 2. The first-order chi connectivity index (χ1) is 18.0. The summed E-state index contributed by atoms with van der Waals surface area (Å²) in [4.78, 5) is 28.0. The van der Waals surface area contributed by atoms with Gasteiger partial charge in [-0.15, -0.1) is 0 Å². The first kappa shape index (κ1) is 29.8. The van der Waals surface area contributed by atoms with Crippen LogP contribution in [0.5, 0.6) is 0 Å². The fourth-order valence-electron chi connectivity index (χ4n) is 3.84. The smallest absolute Gasteiger partial charge is 0.264 e. The van der Waals surface area contributed by atoms with E-state index in [1.807, 2.05) is 0 Å². The molecule has 0 aliphatic rings. The fraction of sp³-hybridized carbons (Fsp3) is 0.259. The largest absolute Gasteiger partial charge is 0.355 e. The number of nitrogens with one attached hydrogen (secondary N) is 1. The van der Waals surface area contributed by atoms with E-state index in [9.17, 15) is 18.0 Å². The number of benzene rings is 3. The van der Waals surface area contributed by atoms with Crippen molar-refractivity contribution < 1.29 is 18.0 Å². The molecule has 0 saturated carbocycles. The molecule has 1 atom stereocenters. The molecule has 0 saturated heterocycles. The van der Waals surface area contributed by atoms with Crippen molar-refractivity contribution >= 4 is 62.3 Å². The van der Waals surface area contributed by atoms with E-state index >= 15 is 0 Å². The lowest BCUT2D eigenvalue weighted by atomic mass is 10.1. The standard InChI is InChI=1S/C27H28Cl3N3O4S/c1-4-31-27(35)19(3)32(16-20-13-14-21(28)15-24(20)30)26(34)17-33(25-12-8-11-23(29)18(25)2)38(36,37)22-9-6-5-7-10-22/h5-15,19H,4,16-17H2,1-3H3,(H,31,35)/t19-/m1/s1. The molecule has 3 rings (SSSR count). The summed E-state index contributed by atoms with van der Waals surface area (Å²) in [6, 6.07) is 16.6. The fourth-order valence-corrected chi connectivity index (χ4v) is 5.97. The maximum atomic E-state index is 13.9. The molecule has 0 fully saturated rings. The molecule has 0 bridgehead atoms. The summed E-state index contributed by atoms with van der Waals surface area (Å²) >= 11 is 18.7. The van der Waals surface area contributed by atoms with Crippen LogP contribution in [0.25, 0.3) is 0 Å². The van der Waals surface area contributed by atoms with E-state index in [-0.39, 0.29) is 23.0 Å². The number of likely N-dealkylation sites (N-methyl/N-ethyl adjacent to an activating group) is 1. The molecular formula is C27H28Cl3N3O4S. The molecule has 0 unspecified atom stereocenters. The number of amides is 2. The van der Waals surface area contributed by atoms with E-state index in [0.29, 0.717) is 32.7 Å². The van der Waals surface area contributed by atoms with E-state index in [4.69, 9.17) is 34.8 Å². The Balaban J connectivity index is 2.08. The molecule has 1 N–H and O–H groups in total. The van der Waals surface area contributed by atoms with Crippen LogP contribution in [0.1, 0.15) is 25.0 Å². The molecule has 0 radical (unpaired) electrons. The summed E-state index contributed by atoms with van der Waals surface area (Å²) in [6.45, 7) is 4.77. The zero-order valence-electron chi connectivity index (χ0n) is 21.1. The van der Waals surface area contributed by atoms with Gasteiger partial charge in [0.05, 0.1) is 10.6 Å². The van der Waals surface area contributed by atoms with Gasteiger partial charge in [-0.1, -0.05) is 65.1 Å². The van der Waals surface area contributed by atoms with E-state index in [0.717, 1.165) is 4.31 Å². The number of rotatable bonds is 10.